The van der Waals surface area contributed by atoms with E-state index in [4.69, 9.17) is 9.15 Å². The predicted molar refractivity (Wildman–Crippen MR) is 78.5 cm³/mol. The summed E-state index contributed by atoms with van der Waals surface area (Å²) in [4.78, 5) is 18.7. The lowest BCUT2D eigenvalue weighted by molar-refractivity contribution is 0.0672. The highest BCUT2D eigenvalue weighted by molar-refractivity contribution is 5.91. The van der Waals surface area contributed by atoms with E-state index < -0.39 is 0 Å². The van der Waals surface area contributed by atoms with Crippen molar-refractivity contribution in [2.45, 2.75) is 25.2 Å². The van der Waals surface area contributed by atoms with Gasteiger partial charge in [0.25, 0.3) is 5.91 Å². The number of likely N-dealkylation sites (tertiary alicyclic amines) is 1. The molecule has 1 aliphatic rings. The van der Waals surface area contributed by atoms with Crippen LogP contribution in [-0.4, -0.2) is 52.8 Å². The van der Waals surface area contributed by atoms with Crippen LogP contribution < -0.4 is 0 Å². The summed E-state index contributed by atoms with van der Waals surface area (Å²) in [5, 5.41) is 7.24. The van der Waals surface area contributed by atoms with Crippen molar-refractivity contribution in [2.75, 3.05) is 26.8 Å². The third-order valence-corrected chi connectivity index (χ3v) is 3.90. The molecule has 1 atom stereocenters. The largest absolute Gasteiger partial charge is 0.459 e. The average Bonchev–Trinajstić information content (AvgIpc) is 3.24. The van der Waals surface area contributed by atoms with Crippen LogP contribution in [0.25, 0.3) is 0 Å². The van der Waals surface area contributed by atoms with Crippen molar-refractivity contribution >= 4 is 5.91 Å². The number of carbonyl (C=O) groups is 1. The fraction of sp³-hybridized carbons (Fsp3) is 0.533. The molecule has 0 radical (unpaired) electrons. The van der Waals surface area contributed by atoms with Gasteiger partial charge in [0.15, 0.2) is 11.6 Å². The molecule has 1 N–H and O–H groups in total. The fourth-order valence-electron chi connectivity index (χ4n) is 2.73. The summed E-state index contributed by atoms with van der Waals surface area (Å²) < 4.78 is 10.2. The number of aromatic nitrogens is 3. The van der Waals surface area contributed by atoms with Crippen molar-refractivity contribution in [1.29, 1.82) is 0 Å². The van der Waals surface area contributed by atoms with E-state index in [2.05, 4.69) is 15.2 Å². The molecular formula is C15H20N4O3. The minimum absolute atomic E-state index is 0.0650. The Balaban J connectivity index is 1.65. The van der Waals surface area contributed by atoms with Crippen LogP contribution in [0, 0.1) is 0 Å². The normalized spacial score (nSPS) is 18.6. The molecule has 7 nitrogen and oxygen atoms in total. The van der Waals surface area contributed by atoms with Gasteiger partial charge in [0.1, 0.15) is 5.82 Å². The number of H-pyrrole nitrogens is 1. The molecule has 2 aromatic rings. The van der Waals surface area contributed by atoms with E-state index in [1.807, 2.05) is 4.90 Å². The fourth-order valence-corrected chi connectivity index (χ4v) is 2.73. The number of nitrogens with zero attached hydrogens (tertiary/aromatic N) is 3. The number of furan rings is 1. The number of ether oxygens (including phenoxy) is 1. The quantitative estimate of drug-likeness (QED) is 0.907. The van der Waals surface area contributed by atoms with Crippen molar-refractivity contribution in [3.8, 4) is 0 Å². The van der Waals surface area contributed by atoms with Crippen LogP contribution >= 0.6 is 0 Å². The number of carbonyl (C=O) groups excluding carboxylic acids is 1. The highest BCUT2D eigenvalue weighted by atomic mass is 16.5. The third-order valence-electron chi connectivity index (χ3n) is 3.90. The Morgan fingerprint density at radius 3 is 3.27 bits per heavy atom. The average molecular weight is 304 g/mol. The van der Waals surface area contributed by atoms with E-state index in [-0.39, 0.29) is 11.8 Å². The number of rotatable bonds is 5. The molecule has 0 spiro atoms. The van der Waals surface area contributed by atoms with Crippen LogP contribution in [0.1, 0.15) is 41.0 Å². The number of piperidine rings is 1. The molecule has 7 heteroatoms. The molecule has 22 heavy (non-hydrogen) atoms. The zero-order chi connectivity index (χ0) is 15.4. The van der Waals surface area contributed by atoms with Crippen LogP contribution in [0.5, 0.6) is 0 Å². The van der Waals surface area contributed by atoms with E-state index in [9.17, 15) is 4.79 Å². The second-order valence-corrected chi connectivity index (χ2v) is 5.45. The molecule has 0 saturated carbocycles. The molecule has 1 amide bonds. The van der Waals surface area contributed by atoms with Gasteiger partial charge < -0.3 is 14.1 Å². The maximum atomic E-state index is 12.4. The van der Waals surface area contributed by atoms with Crippen molar-refractivity contribution in [1.82, 2.24) is 20.1 Å². The van der Waals surface area contributed by atoms with E-state index in [0.29, 0.717) is 25.3 Å². The Kier molecular flexibility index (Phi) is 4.53. The van der Waals surface area contributed by atoms with E-state index in [1.165, 1.54) is 6.26 Å². The van der Waals surface area contributed by atoms with Crippen LogP contribution in [0.4, 0.5) is 0 Å². The van der Waals surface area contributed by atoms with Gasteiger partial charge in [-0.15, -0.1) is 0 Å². The van der Waals surface area contributed by atoms with Gasteiger partial charge in [-0.3, -0.25) is 9.89 Å². The summed E-state index contributed by atoms with van der Waals surface area (Å²) in [6, 6.07) is 3.42. The maximum Gasteiger partial charge on any atom is 0.289 e. The Labute approximate surface area is 128 Å². The maximum absolute atomic E-state index is 12.4. The monoisotopic (exact) mass is 304 g/mol. The molecule has 1 aliphatic heterocycles. The van der Waals surface area contributed by atoms with Crippen molar-refractivity contribution in [2.24, 2.45) is 0 Å². The second-order valence-electron chi connectivity index (χ2n) is 5.45. The van der Waals surface area contributed by atoms with Gasteiger partial charge in [0, 0.05) is 32.5 Å². The lowest BCUT2D eigenvalue weighted by Gasteiger charge is -2.30. The van der Waals surface area contributed by atoms with Gasteiger partial charge in [-0.25, -0.2) is 4.98 Å². The van der Waals surface area contributed by atoms with Crippen LogP contribution in [0.3, 0.4) is 0 Å². The molecule has 1 unspecified atom stereocenters. The minimum Gasteiger partial charge on any atom is -0.459 e. The Hall–Kier alpha value is -2.15. The molecule has 1 saturated heterocycles. The van der Waals surface area contributed by atoms with Crippen LogP contribution in [-0.2, 0) is 11.2 Å². The molecule has 3 heterocycles. The second kappa shape index (κ2) is 6.74. The van der Waals surface area contributed by atoms with Gasteiger partial charge in [0.05, 0.1) is 12.9 Å². The Bertz CT molecular complexity index is 608. The third kappa shape index (κ3) is 3.19. The Morgan fingerprint density at radius 2 is 2.50 bits per heavy atom. The molecule has 2 aromatic heterocycles. The number of nitrogens with one attached hydrogen (secondary N) is 1. The van der Waals surface area contributed by atoms with Crippen molar-refractivity contribution < 1.29 is 13.9 Å². The zero-order valence-electron chi connectivity index (χ0n) is 12.6. The molecule has 3 rings (SSSR count). The van der Waals surface area contributed by atoms with Gasteiger partial charge in [-0.2, -0.15) is 5.10 Å². The van der Waals surface area contributed by atoms with Crippen LogP contribution in [0.15, 0.2) is 22.8 Å². The van der Waals surface area contributed by atoms with Crippen molar-refractivity contribution in [3.05, 3.63) is 35.8 Å². The van der Waals surface area contributed by atoms with Gasteiger partial charge in [-0.1, -0.05) is 0 Å². The molecule has 118 valence electrons. The molecule has 1 fully saturated rings. The summed E-state index contributed by atoms with van der Waals surface area (Å²) in [7, 11) is 1.66. The number of methoxy groups -OCH3 is 1. The highest BCUT2D eigenvalue weighted by Gasteiger charge is 2.28. The number of hydrogen-bond acceptors (Lipinski definition) is 5. The smallest absolute Gasteiger partial charge is 0.289 e. The molecule has 0 bridgehead atoms. The summed E-state index contributed by atoms with van der Waals surface area (Å²) in [5.74, 6) is 2.09. The zero-order valence-corrected chi connectivity index (χ0v) is 12.6. The van der Waals surface area contributed by atoms with E-state index >= 15 is 0 Å². The van der Waals surface area contributed by atoms with Gasteiger partial charge in [0.2, 0.25) is 0 Å². The molecular weight excluding hydrogens is 284 g/mol. The lowest BCUT2D eigenvalue weighted by atomic mass is 9.97. The summed E-state index contributed by atoms with van der Waals surface area (Å²) in [6.45, 7) is 1.99. The van der Waals surface area contributed by atoms with Gasteiger partial charge >= 0.3 is 0 Å². The first-order valence-electron chi connectivity index (χ1n) is 7.51. The lowest BCUT2D eigenvalue weighted by Crippen LogP contribution is -2.39. The molecule has 0 aromatic carbocycles. The number of amides is 1. The summed E-state index contributed by atoms with van der Waals surface area (Å²) >= 11 is 0. The van der Waals surface area contributed by atoms with Crippen molar-refractivity contribution in [3.63, 3.8) is 0 Å². The van der Waals surface area contributed by atoms with E-state index in [0.717, 1.165) is 31.0 Å². The highest BCUT2D eigenvalue weighted by Crippen LogP contribution is 2.25. The van der Waals surface area contributed by atoms with Crippen LogP contribution in [0.2, 0.25) is 0 Å². The SMILES string of the molecule is COCCc1nc(C2CCCN(C(=O)c3ccco3)C2)n[nH]1. The first-order chi connectivity index (χ1) is 10.8. The number of aromatic amines is 1. The standard InChI is InChI=1S/C15H20N4O3/c1-21-9-6-13-16-14(18-17-13)11-4-2-7-19(10-11)15(20)12-5-3-8-22-12/h3,5,8,11H,2,4,6-7,9-10H2,1H3,(H,16,17,18). The first kappa shape index (κ1) is 14.8. The summed E-state index contributed by atoms with van der Waals surface area (Å²) in [6.07, 6.45) is 4.17. The summed E-state index contributed by atoms with van der Waals surface area (Å²) in [5.41, 5.74) is 0. The first-order valence-corrected chi connectivity index (χ1v) is 7.51. The number of hydrogen-bond donors (Lipinski definition) is 1. The van der Waals surface area contributed by atoms with E-state index in [1.54, 1.807) is 19.2 Å². The topological polar surface area (TPSA) is 84.2 Å². The van der Waals surface area contributed by atoms with Gasteiger partial charge in [-0.05, 0) is 25.0 Å². The Morgan fingerprint density at radius 1 is 1.59 bits per heavy atom. The predicted octanol–water partition coefficient (Wildman–Crippen LogP) is 1.61. The minimum atomic E-state index is -0.0650. The molecule has 0 aliphatic carbocycles.